The second kappa shape index (κ2) is 7.17. The van der Waals surface area contributed by atoms with Gasteiger partial charge < -0.3 is 25.4 Å². The Labute approximate surface area is 125 Å². The molecule has 0 aromatic heterocycles. The number of fused-ring (bicyclic) bond motifs is 1. The molecule has 1 aliphatic rings. The number of nitrogens with two attached hydrogens (primary N) is 1. The van der Waals surface area contributed by atoms with E-state index in [1.165, 1.54) is 0 Å². The number of rotatable bonds is 6. The van der Waals surface area contributed by atoms with Crippen molar-refractivity contribution in [2.45, 2.75) is 19.4 Å². The normalized spacial score (nSPS) is 17.0. The van der Waals surface area contributed by atoms with Crippen molar-refractivity contribution in [1.29, 1.82) is 0 Å². The number of carbonyl (C=O) groups is 1. The van der Waals surface area contributed by atoms with Crippen LogP contribution in [0.15, 0.2) is 18.2 Å². The largest absolute Gasteiger partial charge is 0.486 e. The van der Waals surface area contributed by atoms with Crippen LogP contribution in [-0.2, 0) is 9.53 Å². The highest BCUT2D eigenvalue weighted by Gasteiger charge is 2.26. The number of hydrogen-bond acceptors (Lipinski definition) is 5. The highest BCUT2D eigenvalue weighted by Crippen LogP contribution is 2.35. The van der Waals surface area contributed by atoms with Crippen molar-refractivity contribution in [3.05, 3.63) is 18.2 Å². The van der Waals surface area contributed by atoms with E-state index in [1.54, 1.807) is 7.11 Å². The number of nitrogens with zero attached hydrogens (tertiary/aromatic N) is 1. The molecule has 0 aliphatic carbocycles. The number of anilines is 2. The van der Waals surface area contributed by atoms with Gasteiger partial charge in [0.25, 0.3) is 0 Å². The van der Waals surface area contributed by atoms with E-state index in [0.717, 1.165) is 17.9 Å². The lowest BCUT2D eigenvalue weighted by molar-refractivity contribution is -0.120. The molecule has 0 bridgehead atoms. The Morgan fingerprint density at radius 3 is 3.10 bits per heavy atom. The van der Waals surface area contributed by atoms with Crippen LogP contribution in [0.25, 0.3) is 0 Å². The Hall–Kier alpha value is -1.95. The fraction of sp³-hybridized carbons (Fsp3) is 0.533. The van der Waals surface area contributed by atoms with Crippen LogP contribution in [0.3, 0.4) is 0 Å². The Kier molecular flexibility index (Phi) is 5.27. The average Bonchev–Trinajstić information content (AvgIpc) is 2.47. The second-order valence-electron chi connectivity index (χ2n) is 5.10. The van der Waals surface area contributed by atoms with Crippen LogP contribution in [0.2, 0.25) is 0 Å². The maximum absolute atomic E-state index is 12.0. The molecule has 1 aromatic rings. The van der Waals surface area contributed by atoms with E-state index in [9.17, 15) is 4.79 Å². The van der Waals surface area contributed by atoms with Gasteiger partial charge in [0.15, 0.2) is 0 Å². The summed E-state index contributed by atoms with van der Waals surface area (Å²) >= 11 is 0. The standard InChI is InChI=1S/C15H23N3O3/c1-3-12-9-18(10-15(19)17-6-7-20-2)13-8-11(16)4-5-14(13)21-12/h4-5,8,12H,3,6-7,9-10,16H2,1-2H3,(H,17,19). The van der Waals surface area contributed by atoms with Gasteiger partial charge in [-0.2, -0.15) is 0 Å². The van der Waals surface area contributed by atoms with Gasteiger partial charge in [-0.3, -0.25) is 4.79 Å². The summed E-state index contributed by atoms with van der Waals surface area (Å²) in [7, 11) is 1.61. The van der Waals surface area contributed by atoms with Crippen molar-refractivity contribution in [2.24, 2.45) is 0 Å². The summed E-state index contributed by atoms with van der Waals surface area (Å²) in [5.74, 6) is 0.754. The van der Waals surface area contributed by atoms with E-state index in [-0.39, 0.29) is 12.0 Å². The third-order valence-corrected chi connectivity index (χ3v) is 3.46. The van der Waals surface area contributed by atoms with Gasteiger partial charge in [-0.1, -0.05) is 6.92 Å². The molecule has 0 fully saturated rings. The number of nitrogens with one attached hydrogen (secondary N) is 1. The lowest BCUT2D eigenvalue weighted by Crippen LogP contribution is -2.45. The lowest BCUT2D eigenvalue weighted by Gasteiger charge is -2.35. The van der Waals surface area contributed by atoms with E-state index in [0.29, 0.717) is 31.9 Å². The number of ether oxygens (including phenoxy) is 2. The SMILES string of the molecule is CCC1CN(CC(=O)NCCOC)c2cc(N)ccc2O1. The van der Waals surface area contributed by atoms with Crippen LogP contribution in [0, 0.1) is 0 Å². The number of hydrogen-bond donors (Lipinski definition) is 2. The molecule has 1 heterocycles. The summed E-state index contributed by atoms with van der Waals surface area (Å²) in [6, 6.07) is 5.53. The quantitative estimate of drug-likeness (QED) is 0.604. The molecule has 3 N–H and O–H groups in total. The third-order valence-electron chi connectivity index (χ3n) is 3.46. The molecule has 1 amide bonds. The van der Waals surface area contributed by atoms with Crippen LogP contribution < -0.4 is 20.7 Å². The van der Waals surface area contributed by atoms with Crippen LogP contribution in [0.1, 0.15) is 13.3 Å². The minimum absolute atomic E-state index is 0.0304. The fourth-order valence-corrected chi connectivity index (χ4v) is 2.33. The van der Waals surface area contributed by atoms with Gasteiger partial charge in [-0.05, 0) is 24.6 Å². The molecule has 6 nitrogen and oxygen atoms in total. The van der Waals surface area contributed by atoms with Crippen LogP contribution >= 0.6 is 0 Å². The fourth-order valence-electron chi connectivity index (χ4n) is 2.33. The maximum atomic E-state index is 12.0. The van der Waals surface area contributed by atoms with Gasteiger partial charge in [-0.25, -0.2) is 0 Å². The van der Waals surface area contributed by atoms with Gasteiger partial charge >= 0.3 is 0 Å². The lowest BCUT2D eigenvalue weighted by atomic mass is 10.1. The third kappa shape index (κ3) is 4.01. The number of methoxy groups -OCH3 is 1. The molecular weight excluding hydrogens is 270 g/mol. The predicted octanol–water partition coefficient (Wildman–Crippen LogP) is 1.01. The highest BCUT2D eigenvalue weighted by molar-refractivity contribution is 5.82. The summed E-state index contributed by atoms with van der Waals surface area (Å²) in [6.07, 6.45) is 0.985. The summed E-state index contributed by atoms with van der Waals surface area (Å²) in [5.41, 5.74) is 7.38. The summed E-state index contributed by atoms with van der Waals surface area (Å²) in [6.45, 7) is 4.07. The predicted molar refractivity (Wildman–Crippen MR) is 82.7 cm³/mol. The first-order valence-electron chi connectivity index (χ1n) is 7.20. The molecule has 6 heteroatoms. The van der Waals surface area contributed by atoms with E-state index >= 15 is 0 Å². The molecule has 0 saturated carbocycles. The molecule has 116 valence electrons. The zero-order chi connectivity index (χ0) is 15.2. The van der Waals surface area contributed by atoms with Crippen molar-refractivity contribution >= 4 is 17.3 Å². The van der Waals surface area contributed by atoms with Crippen molar-refractivity contribution in [3.8, 4) is 5.75 Å². The van der Waals surface area contributed by atoms with Crippen molar-refractivity contribution in [2.75, 3.05) is 44.0 Å². The molecule has 2 rings (SSSR count). The van der Waals surface area contributed by atoms with Crippen LogP contribution in [-0.4, -0.2) is 45.4 Å². The van der Waals surface area contributed by atoms with Crippen LogP contribution in [0.5, 0.6) is 5.75 Å². The second-order valence-corrected chi connectivity index (χ2v) is 5.10. The summed E-state index contributed by atoms with van der Waals surface area (Å²) < 4.78 is 10.8. The van der Waals surface area contributed by atoms with Gasteiger partial charge in [0.1, 0.15) is 11.9 Å². The first-order chi connectivity index (χ1) is 10.1. The Bertz CT molecular complexity index is 493. The van der Waals surface area contributed by atoms with E-state index in [1.807, 2.05) is 23.1 Å². The van der Waals surface area contributed by atoms with Gasteiger partial charge in [0.05, 0.1) is 25.4 Å². The van der Waals surface area contributed by atoms with E-state index < -0.39 is 0 Å². The van der Waals surface area contributed by atoms with E-state index in [2.05, 4.69) is 12.2 Å². The minimum Gasteiger partial charge on any atom is -0.486 e. The molecule has 0 radical (unpaired) electrons. The number of amides is 1. The van der Waals surface area contributed by atoms with Crippen molar-refractivity contribution < 1.29 is 14.3 Å². The highest BCUT2D eigenvalue weighted by atomic mass is 16.5. The van der Waals surface area contributed by atoms with Gasteiger partial charge in [-0.15, -0.1) is 0 Å². The average molecular weight is 293 g/mol. The molecular formula is C15H23N3O3. The Morgan fingerprint density at radius 2 is 2.38 bits per heavy atom. The van der Waals surface area contributed by atoms with Crippen LogP contribution in [0.4, 0.5) is 11.4 Å². The smallest absolute Gasteiger partial charge is 0.239 e. The number of benzene rings is 1. The van der Waals surface area contributed by atoms with Crippen molar-refractivity contribution in [3.63, 3.8) is 0 Å². The number of carbonyl (C=O) groups excluding carboxylic acids is 1. The summed E-state index contributed by atoms with van der Waals surface area (Å²) in [4.78, 5) is 14.0. The minimum atomic E-state index is -0.0304. The Balaban J connectivity index is 2.07. The number of nitrogen functional groups attached to an aromatic ring is 1. The summed E-state index contributed by atoms with van der Waals surface area (Å²) in [5, 5.41) is 2.83. The molecule has 0 saturated heterocycles. The molecule has 1 unspecified atom stereocenters. The maximum Gasteiger partial charge on any atom is 0.239 e. The van der Waals surface area contributed by atoms with E-state index in [4.69, 9.17) is 15.2 Å². The monoisotopic (exact) mass is 293 g/mol. The van der Waals surface area contributed by atoms with Crippen molar-refractivity contribution in [1.82, 2.24) is 5.32 Å². The zero-order valence-electron chi connectivity index (χ0n) is 12.6. The molecule has 1 aromatic carbocycles. The molecule has 1 atom stereocenters. The topological polar surface area (TPSA) is 76.8 Å². The Morgan fingerprint density at radius 1 is 1.57 bits per heavy atom. The first-order valence-corrected chi connectivity index (χ1v) is 7.20. The first kappa shape index (κ1) is 15.4. The zero-order valence-corrected chi connectivity index (χ0v) is 12.6. The molecule has 21 heavy (non-hydrogen) atoms. The molecule has 1 aliphatic heterocycles. The van der Waals surface area contributed by atoms with Gasteiger partial charge in [0.2, 0.25) is 5.91 Å². The molecule has 0 spiro atoms. The van der Waals surface area contributed by atoms with Gasteiger partial charge in [0, 0.05) is 19.3 Å².